The molecule has 1 N–H and O–H groups in total. The van der Waals surface area contributed by atoms with E-state index < -0.39 is 12.7 Å². The molecule has 0 bridgehead atoms. The second-order valence-electron chi connectivity index (χ2n) is 6.29. The maximum atomic E-state index is 12.5. The number of rotatable bonds is 5. The van der Waals surface area contributed by atoms with Crippen LogP contribution in [0.2, 0.25) is 0 Å². The van der Waals surface area contributed by atoms with Crippen molar-refractivity contribution in [1.29, 1.82) is 0 Å². The SMILES string of the molecule is Cc1nc(NCC2CCN(CC(F)(F)F)C2)cc(-c2ccccn2)n1. The van der Waals surface area contributed by atoms with Crippen LogP contribution in [0.25, 0.3) is 11.4 Å². The molecule has 0 aromatic carbocycles. The molecular weight excluding hydrogens is 331 g/mol. The van der Waals surface area contributed by atoms with Crippen molar-refractivity contribution in [3.63, 3.8) is 0 Å². The lowest BCUT2D eigenvalue weighted by molar-refractivity contribution is -0.143. The van der Waals surface area contributed by atoms with Gasteiger partial charge < -0.3 is 5.32 Å². The number of hydrogen-bond acceptors (Lipinski definition) is 5. The number of likely N-dealkylation sites (tertiary alicyclic amines) is 1. The summed E-state index contributed by atoms with van der Waals surface area (Å²) in [6.07, 6.45) is -1.68. The van der Waals surface area contributed by atoms with Gasteiger partial charge in [0, 0.05) is 25.4 Å². The molecule has 25 heavy (non-hydrogen) atoms. The molecule has 3 heterocycles. The molecule has 0 spiro atoms. The van der Waals surface area contributed by atoms with Gasteiger partial charge in [-0.05, 0) is 37.9 Å². The fraction of sp³-hybridized carbons (Fsp3) is 0.471. The summed E-state index contributed by atoms with van der Waals surface area (Å²) >= 11 is 0. The first-order valence-electron chi connectivity index (χ1n) is 8.19. The van der Waals surface area contributed by atoms with E-state index in [1.165, 1.54) is 4.90 Å². The zero-order valence-corrected chi connectivity index (χ0v) is 13.9. The Kier molecular flexibility index (Phi) is 5.17. The quantitative estimate of drug-likeness (QED) is 0.897. The Bertz CT molecular complexity index is 705. The van der Waals surface area contributed by atoms with Crippen LogP contribution in [-0.2, 0) is 0 Å². The molecular formula is C17H20F3N5. The molecule has 1 aliphatic rings. The molecule has 0 radical (unpaired) electrons. The third kappa shape index (κ3) is 5.12. The number of nitrogens with zero attached hydrogens (tertiary/aromatic N) is 4. The standard InChI is InChI=1S/C17H20F3N5/c1-12-23-15(14-4-2-3-6-21-14)8-16(24-12)22-9-13-5-7-25(10-13)11-17(18,19)20/h2-4,6,8,13H,5,7,9-11H2,1H3,(H,22,23,24). The van der Waals surface area contributed by atoms with Gasteiger partial charge in [-0.25, -0.2) is 9.97 Å². The lowest BCUT2D eigenvalue weighted by atomic mass is 10.1. The van der Waals surface area contributed by atoms with Crippen LogP contribution in [0.15, 0.2) is 30.5 Å². The minimum Gasteiger partial charge on any atom is -0.370 e. The topological polar surface area (TPSA) is 53.9 Å². The Balaban J connectivity index is 1.60. The first kappa shape index (κ1) is 17.6. The van der Waals surface area contributed by atoms with Crippen molar-refractivity contribution >= 4 is 5.82 Å². The molecule has 2 aromatic heterocycles. The minimum atomic E-state index is -4.14. The Labute approximate surface area is 144 Å². The Morgan fingerprint density at radius 3 is 2.80 bits per heavy atom. The van der Waals surface area contributed by atoms with E-state index in [0.29, 0.717) is 31.3 Å². The van der Waals surface area contributed by atoms with Crippen LogP contribution in [0.1, 0.15) is 12.2 Å². The van der Waals surface area contributed by atoms with Gasteiger partial charge in [-0.1, -0.05) is 6.07 Å². The highest BCUT2D eigenvalue weighted by atomic mass is 19.4. The van der Waals surface area contributed by atoms with Crippen molar-refractivity contribution < 1.29 is 13.2 Å². The van der Waals surface area contributed by atoms with Crippen LogP contribution < -0.4 is 5.32 Å². The van der Waals surface area contributed by atoms with Gasteiger partial charge in [0.05, 0.1) is 17.9 Å². The van der Waals surface area contributed by atoms with E-state index in [4.69, 9.17) is 0 Å². The molecule has 1 saturated heterocycles. The number of alkyl halides is 3. The van der Waals surface area contributed by atoms with Crippen LogP contribution in [0.4, 0.5) is 19.0 Å². The molecule has 0 saturated carbocycles. The molecule has 1 fully saturated rings. The zero-order chi connectivity index (χ0) is 17.9. The van der Waals surface area contributed by atoms with Crippen LogP contribution >= 0.6 is 0 Å². The molecule has 1 aliphatic heterocycles. The first-order valence-corrected chi connectivity index (χ1v) is 8.19. The maximum Gasteiger partial charge on any atom is 0.401 e. The van der Waals surface area contributed by atoms with Crippen molar-refractivity contribution in [2.75, 3.05) is 31.5 Å². The first-order chi connectivity index (χ1) is 11.9. The fourth-order valence-electron chi connectivity index (χ4n) is 3.03. The summed E-state index contributed by atoms with van der Waals surface area (Å²) in [4.78, 5) is 14.5. The zero-order valence-electron chi connectivity index (χ0n) is 13.9. The molecule has 5 nitrogen and oxygen atoms in total. The van der Waals surface area contributed by atoms with E-state index in [-0.39, 0.29) is 5.92 Å². The summed E-state index contributed by atoms with van der Waals surface area (Å²) in [7, 11) is 0. The summed E-state index contributed by atoms with van der Waals surface area (Å²) in [5, 5.41) is 3.23. The second kappa shape index (κ2) is 7.35. The number of aromatic nitrogens is 3. The van der Waals surface area contributed by atoms with Crippen LogP contribution in [0.5, 0.6) is 0 Å². The Hall–Kier alpha value is -2.22. The van der Waals surface area contributed by atoms with E-state index in [1.54, 1.807) is 13.1 Å². The highest BCUT2D eigenvalue weighted by Crippen LogP contribution is 2.23. The van der Waals surface area contributed by atoms with Crippen LogP contribution in [-0.4, -0.2) is 52.2 Å². The molecule has 8 heteroatoms. The molecule has 3 rings (SSSR count). The highest BCUT2D eigenvalue weighted by molar-refractivity contribution is 5.58. The van der Waals surface area contributed by atoms with Gasteiger partial charge in [-0.3, -0.25) is 9.88 Å². The van der Waals surface area contributed by atoms with Crippen LogP contribution in [0, 0.1) is 12.8 Å². The second-order valence-corrected chi connectivity index (χ2v) is 6.29. The van der Waals surface area contributed by atoms with Gasteiger partial charge in [0.1, 0.15) is 11.6 Å². The predicted molar refractivity (Wildman–Crippen MR) is 89.1 cm³/mol. The number of pyridine rings is 1. The van der Waals surface area contributed by atoms with E-state index in [9.17, 15) is 13.2 Å². The molecule has 0 aliphatic carbocycles. The van der Waals surface area contributed by atoms with E-state index in [2.05, 4.69) is 20.3 Å². The van der Waals surface area contributed by atoms with Crippen LogP contribution in [0.3, 0.4) is 0 Å². The molecule has 1 unspecified atom stereocenters. The van der Waals surface area contributed by atoms with Gasteiger partial charge in [0.2, 0.25) is 0 Å². The number of halogens is 3. The summed E-state index contributed by atoms with van der Waals surface area (Å²) in [6, 6.07) is 7.42. The molecule has 134 valence electrons. The Morgan fingerprint density at radius 2 is 2.08 bits per heavy atom. The number of anilines is 1. The maximum absolute atomic E-state index is 12.5. The molecule has 1 atom stereocenters. The van der Waals surface area contributed by atoms with E-state index >= 15 is 0 Å². The Morgan fingerprint density at radius 1 is 1.24 bits per heavy atom. The van der Waals surface area contributed by atoms with Gasteiger partial charge in [-0.2, -0.15) is 13.2 Å². The van der Waals surface area contributed by atoms with E-state index in [0.717, 1.165) is 17.8 Å². The molecule has 2 aromatic rings. The van der Waals surface area contributed by atoms with Crippen molar-refractivity contribution in [2.45, 2.75) is 19.5 Å². The summed E-state index contributed by atoms with van der Waals surface area (Å²) < 4.78 is 37.4. The minimum absolute atomic E-state index is 0.177. The largest absolute Gasteiger partial charge is 0.401 e. The van der Waals surface area contributed by atoms with Gasteiger partial charge >= 0.3 is 6.18 Å². The average molecular weight is 351 g/mol. The number of nitrogens with one attached hydrogen (secondary N) is 1. The van der Waals surface area contributed by atoms with E-state index in [1.807, 2.05) is 24.3 Å². The monoisotopic (exact) mass is 351 g/mol. The van der Waals surface area contributed by atoms with Crippen molar-refractivity contribution in [3.05, 3.63) is 36.3 Å². The third-order valence-electron chi connectivity index (χ3n) is 4.11. The predicted octanol–water partition coefficient (Wildman–Crippen LogP) is 3.14. The highest BCUT2D eigenvalue weighted by Gasteiger charge is 2.34. The van der Waals surface area contributed by atoms with Gasteiger partial charge in [0.15, 0.2) is 0 Å². The lowest BCUT2D eigenvalue weighted by Crippen LogP contribution is -2.33. The van der Waals surface area contributed by atoms with Gasteiger partial charge in [-0.15, -0.1) is 0 Å². The number of hydrogen-bond donors (Lipinski definition) is 1. The third-order valence-corrected chi connectivity index (χ3v) is 4.11. The normalized spacial score (nSPS) is 18.5. The van der Waals surface area contributed by atoms with Crippen molar-refractivity contribution in [1.82, 2.24) is 19.9 Å². The number of aryl methyl sites for hydroxylation is 1. The summed E-state index contributed by atoms with van der Waals surface area (Å²) in [6.45, 7) is 2.49. The van der Waals surface area contributed by atoms with Gasteiger partial charge in [0.25, 0.3) is 0 Å². The average Bonchev–Trinajstić information content (AvgIpc) is 2.99. The molecule has 0 amide bonds. The lowest BCUT2D eigenvalue weighted by Gasteiger charge is -2.18. The van der Waals surface area contributed by atoms with Crippen molar-refractivity contribution in [3.8, 4) is 11.4 Å². The smallest absolute Gasteiger partial charge is 0.370 e. The summed E-state index contributed by atoms with van der Waals surface area (Å²) in [5.41, 5.74) is 1.48. The fourth-order valence-corrected chi connectivity index (χ4v) is 3.03. The van der Waals surface area contributed by atoms with Crippen molar-refractivity contribution in [2.24, 2.45) is 5.92 Å². The summed E-state index contributed by atoms with van der Waals surface area (Å²) in [5.74, 6) is 1.47.